The predicted octanol–water partition coefficient (Wildman–Crippen LogP) is 2.08. The molecule has 8 nitrogen and oxygen atoms in total. The third-order valence-electron chi connectivity index (χ3n) is 4.05. The first-order valence-electron chi connectivity index (χ1n) is 8.52. The van der Waals surface area contributed by atoms with Gasteiger partial charge in [-0.2, -0.15) is 5.10 Å². The van der Waals surface area contributed by atoms with E-state index in [2.05, 4.69) is 51.6 Å². The van der Waals surface area contributed by atoms with Crippen LogP contribution in [0.15, 0.2) is 21.9 Å². The zero-order valence-electron chi connectivity index (χ0n) is 14.9. The Morgan fingerprint density at radius 3 is 3.04 bits per heavy atom. The lowest BCUT2D eigenvalue weighted by atomic mass is 10.1. The van der Waals surface area contributed by atoms with Gasteiger partial charge in [0.1, 0.15) is 18.7 Å². The fraction of sp³-hybridized carbons (Fsp3) is 0.625. The smallest absolute Gasteiger partial charge is 0.191 e. The SMILES string of the molecule is CCNC(=NCc1cc(C(C)C)no1)NC1CCc2ncnn2C1.I. The molecule has 0 aromatic carbocycles. The van der Waals surface area contributed by atoms with Gasteiger partial charge in [-0.25, -0.2) is 14.7 Å². The fourth-order valence-corrected chi connectivity index (χ4v) is 2.70. The Morgan fingerprint density at radius 2 is 2.32 bits per heavy atom. The molecule has 0 spiro atoms. The molecule has 138 valence electrons. The molecule has 25 heavy (non-hydrogen) atoms. The summed E-state index contributed by atoms with van der Waals surface area (Å²) in [4.78, 5) is 8.87. The molecule has 3 rings (SSSR count). The third-order valence-corrected chi connectivity index (χ3v) is 4.05. The molecule has 0 saturated carbocycles. The number of aromatic nitrogens is 4. The van der Waals surface area contributed by atoms with Crippen molar-refractivity contribution in [1.82, 2.24) is 30.6 Å². The lowest BCUT2D eigenvalue weighted by molar-refractivity contribution is 0.375. The Morgan fingerprint density at radius 1 is 1.48 bits per heavy atom. The van der Waals surface area contributed by atoms with Crippen molar-refractivity contribution in [3.63, 3.8) is 0 Å². The zero-order valence-corrected chi connectivity index (χ0v) is 17.2. The van der Waals surface area contributed by atoms with Crippen molar-refractivity contribution in [1.29, 1.82) is 0 Å². The summed E-state index contributed by atoms with van der Waals surface area (Å²) in [7, 11) is 0. The van der Waals surface area contributed by atoms with Gasteiger partial charge in [0.2, 0.25) is 0 Å². The van der Waals surface area contributed by atoms with Crippen molar-refractivity contribution in [2.45, 2.75) is 58.7 Å². The summed E-state index contributed by atoms with van der Waals surface area (Å²) < 4.78 is 7.30. The molecule has 9 heteroatoms. The molecule has 1 aliphatic rings. The normalized spacial score (nSPS) is 17.1. The Kier molecular flexibility index (Phi) is 7.21. The molecule has 0 fully saturated rings. The molecule has 0 radical (unpaired) electrons. The second kappa shape index (κ2) is 9.16. The third kappa shape index (κ3) is 5.16. The maximum Gasteiger partial charge on any atom is 0.191 e. The van der Waals surface area contributed by atoms with Crippen molar-refractivity contribution in [2.24, 2.45) is 4.99 Å². The van der Waals surface area contributed by atoms with Crippen LogP contribution >= 0.6 is 24.0 Å². The van der Waals surface area contributed by atoms with Crippen molar-refractivity contribution < 1.29 is 4.52 Å². The van der Waals surface area contributed by atoms with Crippen molar-refractivity contribution >= 4 is 29.9 Å². The summed E-state index contributed by atoms with van der Waals surface area (Å²) in [5.74, 6) is 2.97. The summed E-state index contributed by atoms with van der Waals surface area (Å²) in [6.45, 7) is 8.32. The average Bonchev–Trinajstić information content (AvgIpc) is 3.21. The molecular weight excluding hydrogens is 433 g/mol. The van der Waals surface area contributed by atoms with E-state index < -0.39 is 0 Å². The molecule has 2 aromatic heterocycles. The van der Waals surface area contributed by atoms with Crippen molar-refractivity contribution in [3.05, 3.63) is 29.7 Å². The van der Waals surface area contributed by atoms with E-state index >= 15 is 0 Å². The van der Waals surface area contributed by atoms with Crippen molar-refractivity contribution in [3.8, 4) is 0 Å². The van der Waals surface area contributed by atoms with Crippen LogP contribution in [0.25, 0.3) is 0 Å². The summed E-state index contributed by atoms with van der Waals surface area (Å²) in [5.41, 5.74) is 0.962. The van der Waals surface area contributed by atoms with E-state index in [9.17, 15) is 0 Å². The van der Waals surface area contributed by atoms with Crippen LogP contribution in [0.2, 0.25) is 0 Å². The van der Waals surface area contributed by atoms with E-state index in [1.165, 1.54) is 0 Å². The standard InChI is InChI=1S/C16H25N7O.HI/c1-4-17-16(18-8-13-7-14(11(2)3)22-24-13)21-12-5-6-15-19-10-20-23(15)9-12;/h7,10-12H,4-6,8-9H2,1-3H3,(H2,17,18,21);1H. The molecule has 2 aromatic rings. The van der Waals surface area contributed by atoms with Gasteiger partial charge in [0, 0.05) is 25.1 Å². The van der Waals surface area contributed by atoms with Gasteiger partial charge in [0.05, 0.1) is 12.2 Å². The highest BCUT2D eigenvalue weighted by Gasteiger charge is 2.20. The van der Waals surface area contributed by atoms with E-state index in [4.69, 9.17) is 4.52 Å². The number of nitrogens with one attached hydrogen (secondary N) is 2. The van der Waals surface area contributed by atoms with E-state index in [0.29, 0.717) is 12.5 Å². The first-order chi connectivity index (χ1) is 11.7. The van der Waals surface area contributed by atoms with Crippen LogP contribution in [0, 0.1) is 0 Å². The van der Waals surface area contributed by atoms with E-state index in [1.54, 1.807) is 6.33 Å². The minimum absolute atomic E-state index is 0. The van der Waals surface area contributed by atoms with Gasteiger partial charge in [0.15, 0.2) is 11.7 Å². The van der Waals surface area contributed by atoms with Gasteiger partial charge in [0.25, 0.3) is 0 Å². The highest BCUT2D eigenvalue weighted by molar-refractivity contribution is 14.0. The number of nitrogens with zero attached hydrogens (tertiary/aromatic N) is 5. The summed E-state index contributed by atoms with van der Waals surface area (Å²) >= 11 is 0. The molecule has 0 aliphatic carbocycles. The van der Waals surface area contributed by atoms with Crippen LogP contribution in [-0.4, -0.2) is 38.5 Å². The Labute approximate surface area is 164 Å². The van der Waals surface area contributed by atoms with Crippen LogP contribution in [0.5, 0.6) is 0 Å². The summed E-state index contributed by atoms with van der Waals surface area (Å²) in [6, 6.07) is 2.26. The Bertz CT molecular complexity index is 694. The molecule has 1 unspecified atom stereocenters. The van der Waals surface area contributed by atoms with Gasteiger partial charge < -0.3 is 15.2 Å². The summed E-state index contributed by atoms with van der Waals surface area (Å²) in [5, 5.41) is 15.1. The number of guanidine groups is 1. The van der Waals surface area contributed by atoms with Crippen LogP contribution in [0.3, 0.4) is 0 Å². The van der Waals surface area contributed by atoms with Crippen LogP contribution < -0.4 is 10.6 Å². The second-order valence-corrected chi connectivity index (χ2v) is 6.31. The van der Waals surface area contributed by atoms with Gasteiger partial charge in [-0.05, 0) is 19.3 Å². The number of halogens is 1. The van der Waals surface area contributed by atoms with Gasteiger partial charge >= 0.3 is 0 Å². The predicted molar refractivity (Wildman–Crippen MR) is 106 cm³/mol. The number of fused-ring (bicyclic) bond motifs is 1. The van der Waals surface area contributed by atoms with E-state index in [1.807, 2.05) is 10.7 Å². The first-order valence-corrected chi connectivity index (χ1v) is 8.52. The number of aryl methyl sites for hydroxylation is 1. The maximum absolute atomic E-state index is 5.35. The second-order valence-electron chi connectivity index (χ2n) is 6.31. The molecular formula is C16H26IN7O. The summed E-state index contributed by atoms with van der Waals surface area (Å²) in [6.07, 6.45) is 3.56. The van der Waals surface area contributed by atoms with E-state index in [-0.39, 0.29) is 30.0 Å². The van der Waals surface area contributed by atoms with Crippen LogP contribution in [-0.2, 0) is 19.5 Å². The Balaban J connectivity index is 0.00000225. The van der Waals surface area contributed by atoms with Crippen LogP contribution in [0.1, 0.15) is 50.4 Å². The molecule has 0 saturated heterocycles. The monoisotopic (exact) mass is 459 g/mol. The minimum Gasteiger partial charge on any atom is -0.359 e. The van der Waals surface area contributed by atoms with Crippen molar-refractivity contribution in [2.75, 3.05) is 6.54 Å². The molecule has 2 N–H and O–H groups in total. The molecule has 1 atom stereocenters. The number of hydrogen-bond acceptors (Lipinski definition) is 5. The minimum atomic E-state index is 0. The number of hydrogen-bond donors (Lipinski definition) is 2. The van der Waals surface area contributed by atoms with Gasteiger partial charge in [-0.15, -0.1) is 24.0 Å². The van der Waals surface area contributed by atoms with Gasteiger partial charge in [-0.1, -0.05) is 19.0 Å². The zero-order chi connectivity index (χ0) is 16.9. The molecule has 0 bridgehead atoms. The quantitative estimate of drug-likeness (QED) is 0.404. The van der Waals surface area contributed by atoms with Crippen LogP contribution in [0.4, 0.5) is 0 Å². The maximum atomic E-state index is 5.35. The average molecular weight is 459 g/mol. The van der Waals surface area contributed by atoms with Gasteiger partial charge in [-0.3, -0.25) is 0 Å². The topological polar surface area (TPSA) is 93.2 Å². The molecule has 3 heterocycles. The largest absolute Gasteiger partial charge is 0.359 e. The number of rotatable bonds is 5. The highest BCUT2D eigenvalue weighted by atomic mass is 127. The lowest BCUT2D eigenvalue weighted by Gasteiger charge is -2.25. The van der Waals surface area contributed by atoms with E-state index in [0.717, 1.165) is 49.2 Å². The lowest BCUT2D eigenvalue weighted by Crippen LogP contribution is -2.47. The molecule has 1 aliphatic heterocycles. The fourth-order valence-electron chi connectivity index (χ4n) is 2.70. The number of aliphatic imine (C=N–C) groups is 1. The Hall–Kier alpha value is -1.65. The highest BCUT2D eigenvalue weighted by Crippen LogP contribution is 2.15. The molecule has 0 amide bonds. The first kappa shape index (κ1) is 19.7.